The van der Waals surface area contributed by atoms with Gasteiger partial charge in [-0.1, -0.05) is 36.6 Å². The van der Waals surface area contributed by atoms with Crippen molar-refractivity contribution in [1.82, 2.24) is 5.32 Å². The summed E-state index contributed by atoms with van der Waals surface area (Å²) in [4.78, 5) is 23.3. The molecule has 1 aromatic carbocycles. The van der Waals surface area contributed by atoms with Crippen molar-refractivity contribution in [3.8, 4) is 0 Å². The van der Waals surface area contributed by atoms with Crippen LogP contribution in [0, 0.1) is 6.92 Å². The number of rotatable bonds is 4. The van der Waals surface area contributed by atoms with Crippen LogP contribution in [0.5, 0.6) is 0 Å². The third-order valence-electron chi connectivity index (χ3n) is 3.85. The van der Waals surface area contributed by atoms with Crippen LogP contribution in [0.3, 0.4) is 0 Å². The van der Waals surface area contributed by atoms with Crippen molar-refractivity contribution >= 4 is 29.6 Å². The molecule has 0 radical (unpaired) electrons. The molecule has 2 rings (SSSR count). The number of carboxylic acid groups (broad SMARTS) is 1. The van der Waals surface area contributed by atoms with Gasteiger partial charge in [0.1, 0.15) is 5.54 Å². The van der Waals surface area contributed by atoms with Gasteiger partial charge >= 0.3 is 5.97 Å². The van der Waals surface area contributed by atoms with Crippen LogP contribution >= 0.6 is 11.6 Å². The Morgan fingerprint density at radius 1 is 1.33 bits per heavy atom. The van der Waals surface area contributed by atoms with E-state index in [2.05, 4.69) is 5.32 Å². The minimum absolute atomic E-state index is 0.393. The van der Waals surface area contributed by atoms with Crippen molar-refractivity contribution in [1.29, 1.82) is 0 Å². The predicted molar refractivity (Wildman–Crippen MR) is 82.2 cm³/mol. The normalized spacial score (nSPS) is 17.0. The van der Waals surface area contributed by atoms with Gasteiger partial charge in [-0.2, -0.15) is 0 Å². The molecule has 1 aromatic rings. The molecule has 1 aliphatic rings. The standard InChI is InChI=1S/C16H18ClNO3/c1-11-4-5-12(10-13(11)17)6-7-14(19)18-16(15(20)21)8-2-3-9-16/h4-7,10H,2-3,8-9H2,1H3,(H,18,19)(H,20,21)/b7-6+. The van der Waals surface area contributed by atoms with Crippen molar-refractivity contribution < 1.29 is 14.7 Å². The van der Waals surface area contributed by atoms with Crippen molar-refractivity contribution in [3.05, 3.63) is 40.4 Å². The van der Waals surface area contributed by atoms with Gasteiger partial charge in [0.25, 0.3) is 0 Å². The molecule has 112 valence electrons. The Hall–Kier alpha value is -1.81. The molecule has 2 N–H and O–H groups in total. The molecule has 0 atom stereocenters. The number of nitrogens with one attached hydrogen (secondary N) is 1. The van der Waals surface area contributed by atoms with Crippen LogP contribution in [0.15, 0.2) is 24.3 Å². The summed E-state index contributed by atoms with van der Waals surface area (Å²) in [5.74, 6) is -1.35. The van der Waals surface area contributed by atoms with Crippen LogP contribution in [-0.2, 0) is 9.59 Å². The summed E-state index contributed by atoms with van der Waals surface area (Å²) in [6.07, 6.45) is 5.60. The molecule has 0 saturated heterocycles. The Morgan fingerprint density at radius 2 is 2.00 bits per heavy atom. The van der Waals surface area contributed by atoms with Gasteiger partial charge in [-0.05, 0) is 43.0 Å². The number of aryl methyl sites for hydroxylation is 1. The number of carbonyl (C=O) groups is 2. The van der Waals surface area contributed by atoms with Crippen LogP contribution in [-0.4, -0.2) is 22.5 Å². The Balaban J connectivity index is 2.05. The summed E-state index contributed by atoms with van der Waals surface area (Å²) in [6, 6.07) is 5.49. The lowest BCUT2D eigenvalue weighted by Crippen LogP contribution is -2.52. The first-order chi connectivity index (χ1) is 9.93. The van der Waals surface area contributed by atoms with Crippen LogP contribution < -0.4 is 5.32 Å². The number of hydrogen-bond acceptors (Lipinski definition) is 2. The molecule has 1 saturated carbocycles. The van der Waals surface area contributed by atoms with Gasteiger partial charge in [0, 0.05) is 11.1 Å². The van der Waals surface area contributed by atoms with Gasteiger partial charge < -0.3 is 10.4 Å². The Bertz CT molecular complexity index is 589. The summed E-state index contributed by atoms with van der Waals surface area (Å²) >= 11 is 6.02. The maximum atomic E-state index is 11.9. The van der Waals surface area contributed by atoms with E-state index in [1.807, 2.05) is 19.1 Å². The Kier molecular flexibility index (Phi) is 4.68. The molecule has 0 aromatic heterocycles. The second-order valence-corrected chi connectivity index (χ2v) is 5.83. The van der Waals surface area contributed by atoms with Crippen LogP contribution in [0.2, 0.25) is 5.02 Å². The highest BCUT2D eigenvalue weighted by atomic mass is 35.5. The second kappa shape index (κ2) is 6.31. The van der Waals surface area contributed by atoms with E-state index in [0.29, 0.717) is 17.9 Å². The molecule has 5 heteroatoms. The van der Waals surface area contributed by atoms with Gasteiger partial charge in [0.2, 0.25) is 5.91 Å². The SMILES string of the molecule is Cc1ccc(/C=C/C(=O)NC2(C(=O)O)CCCC2)cc1Cl. The maximum absolute atomic E-state index is 11.9. The van der Waals surface area contributed by atoms with Crippen molar-refractivity contribution in [2.75, 3.05) is 0 Å². The number of hydrogen-bond donors (Lipinski definition) is 2. The molecule has 1 fully saturated rings. The zero-order valence-electron chi connectivity index (χ0n) is 11.9. The highest BCUT2D eigenvalue weighted by Crippen LogP contribution is 2.29. The first kappa shape index (κ1) is 15.6. The van der Waals surface area contributed by atoms with E-state index >= 15 is 0 Å². The van der Waals surface area contributed by atoms with Crippen LogP contribution in [0.4, 0.5) is 0 Å². The van der Waals surface area contributed by atoms with Crippen LogP contribution in [0.25, 0.3) is 6.08 Å². The second-order valence-electron chi connectivity index (χ2n) is 5.43. The molecule has 1 aliphatic carbocycles. The Labute approximate surface area is 128 Å². The zero-order chi connectivity index (χ0) is 15.5. The Morgan fingerprint density at radius 3 is 2.57 bits per heavy atom. The average molecular weight is 308 g/mol. The van der Waals surface area contributed by atoms with Gasteiger partial charge in [0.05, 0.1) is 0 Å². The predicted octanol–water partition coefficient (Wildman–Crippen LogP) is 3.18. The number of halogens is 1. The molecular weight excluding hydrogens is 290 g/mol. The quantitative estimate of drug-likeness (QED) is 0.840. The average Bonchev–Trinajstić information content (AvgIpc) is 2.90. The van der Waals surface area contributed by atoms with Gasteiger partial charge in [-0.25, -0.2) is 4.79 Å². The first-order valence-corrected chi connectivity index (χ1v) is 7.30. The number of benzene rings is 1. The molecule has 0 bridgehead atoms. The minimum atomic E-state index is -1.10. The van der Waals surface area contributed by atoms with E-state index in [1.54, 1.807) is 12.1 Å². The fourth-order valence-electron chi connectivity index (χ4n) is 2.53. The molecule has 0 spiro atoms. The summed E-state index contributed by atoms with van der Waals surface area (Å²) < 4.78 is 0. The minimum Gasteiger partial charge on any atom is -0.480 e. The smallest absolute Gasteiger partial charge is 0.329 e. The lowest BCUT2D eigenvalue weighted by molar-refractivity contribution is -0.146. The van der Waals surface area contributed by atoms with Crippen molar-refractivity contribution in [2.45, 2.75) is 38.1 Å². The third kappa shape index (κ3) is 3.64. The molecule has 21 heavy (non-hydrogen) atoms. The molecule has 4 nitrogen and oxygen atoms in total. The number of amides is 1. The number of carboxylic acids is 1. The summed E-state index contributed by atoms with van der Waals surface area (Å²) in [5.41, 5.74) is 0.664. The zero-order valence-corrected chi connectivity index (χ0v) is 12.6. The third-order valence-corrected chi connectivity index (χ3v) is 4.26. The van der Waals surface area contributed by atoms with Gasteiger partial charge in [-0.3, -0.25) is 4.79 Å². The van der Waals surface area contributed by atoms with Crippen LogP contribution in [0.1, 0.15) is 36.8 Å². The fraction of sp³-hybridized carbons (Fsp3) is 0.375. The molecule has 0 unspecified atom stereocenters. The monoisotopic (exact) mass is 307 g/mol. The molecule has 1 amide bonds. The number of aliphatic carboxylic acids is 1. The van der Waals surface area contributed by atoms with Crippen molar-refractivity contribution in [3.63, 3.8) is 0 Å². The molecule has 0 aliphatic heterocycles. The van der Waals surface area contributed by atoms with Gasteiger partial charge in [-0.15, -0.1) is 0 Å². The van der Waals surface area contributed by atoms with E-state index in [9.17, 15) is 14.7 Å². The topological polar surface area (TPSA) is 66.4 Å². The van der Waals surface area contributed by atoms with E-state index < -0.39 is 17.4 Å². The summed E-state index contributed by atoms with van der Waals surface area (Å²) in [7, 11) is 0. The fourth-order valence-corrected chi connectivity index (χ4v) is 2.72. The van der Waals surface area contributed by atoms with E-state index in [-0.39, 0.29) is 0 Å². The van der Waals surface area contributed by atoms with E-state index in [1.165, 1.54) is 6.08 Å². The maximum Gasteiger partial charge on any atom is 0.329 e. The highest BCUT2D eigenvalue weighted by Gasteiger charge is 2.42. The number of carbonyl (C=O) groups excluding carboxylic acids is 1. The first-order valence-electron chi connectivity index (χ1n) is 6.93. The lowest BCUT2D eigenvalue weighted by Gasteiger charge is -2.24. The van der Waals surface area contributed by atoms with E-state index in [0.717, 1.165) is 24.0 Å². The molecule has 0 heterocycles. The van der Waals surface area contributed by atoms with Crippen molar-refractivity contribution in [2.24, 2.45) is 0 Å². The summed E-state index contributed by atoms with van der Waals surface area (Å²) in [6.45, 7) is 1.90. The molecular formula is C16H18ClNO3. The largest absolute Gasteiger partial charge is 0.480 e. The summed E-state index contributed by atoms with van der Waals surface area (Å²) in [5, 5.41) is 12.6. The lowest BCUT2D eigenvalue weighted by atomic mass is 9.98. The highest BCUT2D eigenvalue weighted by molar-refractivity contribution is 6.31. The van der Waals surface area contributed by atoms with E-state index in [4.69, 9.17) is 11.6 Å². The van der Waals surface area contributed by atoms with Gasteiger partial charge in [0.15, 0.2) is 0 Å².